The Morgan fingerprint density at radius 2 is 1.71 bits per heavy atom. The fourth-order valence-electron chi connectivity index (χ4n) is 8.62. The zero-order valence-corrected chi connectivity index (χ0v) is 21.4. The minimum Gasteiger partial charge on any atom is -0.455 e. The van der Waals surface area contributed by atoms with Gasteiger partial charge < -0.3 is 20.1 Å². The molecule has 1 aliphatic heterocycles. The first-order valence-electron chi connectivity index (χ1n) is 13.0. The van der Waals surface area contributed by atoms with Gasteiger partial charge in [-0.2, -0.15) is 0 Å². The van der Waals surface area contributed by atoms with Gasteiger partial charge in [0.05, 0.1) is 11.0 Å². The number of fused-ring (bicyclic) bond motifs is 5. The molecule has 0 spiro atoms. The van der Waals surface area contributed by atoms with E-state index in [0.717, 1.165) is 5.57 Å². The first kappa shape index (κ1) is 24.8. The predicted octanol–water partition coefficient (Wildman–Crippen LogP) is 2.95. The van der Waals surface area contributed by atoms with Gasteiger partial charge in [-0.05, 0) is 71.6 Å². The second kappa shape index (κ2) is 7.36. The van der Waals surface area contributed by atoms with E-state index in [1.807, 2.05) is 26.8 Å². The van der Waals surface area contributed by atoms with Crippen molar-refractivity contribution in [3.8, 4) is 0 Å². The number of esters is 1. The number of carbonyl (C=O) groups excluding carboxylic acids is 3. The summed E-state index contributed by atoms with van der Waals surface area (Å²) in [4.78, 5) is 38.3. The Labute approximate surface area is 206 Å². The molecule has 0 saturated heterocycles. The Balaban J connectivity index is 1.54. The number of carbonyl (C=O) groups is 3. The van der Waals surface area contributed by atoms with E-state index in [0.29, 0.717) is 36.8 Å². The summed E-state index contributed by atoms with van der Waals surface area (Å²) in [6, 6.07) is 0. The maximum atomic E-state index is 13.2. The number of ketones is 2. The molecule has 0 amide bonds. The van der Waals surface area contributed by atoms with Gasteiger partial charge in [-0.3, -0.25) is 9.59 Å². The van der Waals surface area contributed by atoms with E-state index in [1.165, 1.54) is 6.92 Å². The van der Waals surface area contributed by atoms with Crippen molar-refractivity contribution in [2.75, 3.05) is 0 Å². The lowest BCUT2D eigenvalue weighted by Crippen LogP contribution is -2.72. The van der Waals surface area contributed by atoms with Crippen LogP contribution in [-0.2, 0) is 19.1 Å². The van der Waals surface area contributed by atoms with Gasteiger partial charge in [0.2, 0.25) is 0 Å². The third kappa shape index (κ3) is 2.81. The molecule has 4 aliphatic carbocycles. The molecule has 0 bridgehead atoms. The van der Waals surface area contributed by atoms with Crippen LogP contribution >= 0.6 is 0 Å². The number of Topliss-reactive ketones (excluding diaryl/α,β-unsaturated/α-hetero) is 2. The summed E-state index contributed by atoms with van der Waals surface area (Å²) in [6.07, 6.45) is 3.49. The molecule has 5 aliphatic rings. The molecule has 1 heterocycles. The molecule has 3 N–H and O–H groups in total. The molecule has 5 rings (SSSR count). The van der Waals surface area contributed by atoms with E-state index in [4.69, 9.17) is 4.74 Å². The first-order valence-corrected chi connectivity index (χ1v) is 13.0. The van der Waals surface area contributed by atoms with Crippen LogP contribution in [0, 0.1) is 22.7 Å². The number of hydrogen-bond donors (Lipinski definition) is 3. The van der Waals surface area contributed by atoms with E-state index in [9.17, 15) is 29.7 Å². The van der Waals surface area contributed by atoms with Gasteiger partial charge in [-0.25, -0.2) is 4.79 Å². The van der Waals surface area contributed by atoms with Crippen LogP contribution in [-0.4, -0.2) is 55.8 Å². The standard InChI is InChI=1S/C28H38O7/c1-15-14-22(35-23(31)16(15)2)26(5,32)28(34)13-12-27(33)18-6-7-19-20(29)8-9-21(30)25(19,4)17(18)10-11-24(27,28)3/h7,17-18,22,32-34H,6,8-14H2,1-5H3/t17-,18-,22-,24-,25-,26-,27-,28+/m1/s1. The van der Waals surface area contributed by atoms with Crippen LogP contribution in [0.25, 0.3) is 0 Å². The third-order valence-corrected chi connectivity index (χ3v) is 11.3. The average molecular weight is 487 g/mol. The highest BCUT2D eigenvalue weighted by Crippen LogP contribution is 2.70. The number of aliphatic hydroxyl groups is 3. The molecule has 192 valence electrons. The number of hydrogen-bond acceptors (Lipinski definition) is 7. The number of allylic oxidation sites excluding steroid dienone is 2. The Hall–Kier alpha value is -1.83. The molecule has 0 unspecified atom stereocenters. The summed E-state index contributed by atoms with van der Waals surface area (Å²) in [7, 11) is 0. The zero-order valence-electron chi connectivity index (χ0n) is 21.4. The fraction of sp³-hybridized carbons (Fsp3) is 0.750. The highest BCUT2D eigenvalue weighted by atomic mass is 16.6. The van der Waals surface area contributed by atoms with E-state index in [1.54, 1.807) is 6.92 Å². The van der Waals surface area contributed by atoms with Gasteiger partial charge in [0.15, 0.2) is 5.78 Å². The molecule has 3 fully saturated rings. The predicted molar refractivity (Wildman–Crippen MR) is 127 cm³/mol. The van der Waals surface area contributed by atoms with Gasteiger partial charge >= 0.3 is 5.97 Å². The van der Waals surface area contributed by atoms with Crippen LogP contribution in [0.1, 0.15) is 86.0 Å². The quantitative estimate of drug-likeness (QED) is 0.513. The summed E-state index contributed by atoms with van der Waals surface area (Å²) in [6.45, 7) is 8.73. The van der Waals surface area contributed by atoms with Crippen LogP contribution in [0.2, 0.25) is 0 Å². The topological polar surface area (TPSA) is 121 Å². The van der Waals surface area contributed by atoms with E-state index in [2.05, 4.69) is 0 Å². The third-order valence-electron chi connectivity index (χ3n) is 11.3. The number of rotatable bonds is 2. The summed E-state index contributed by atoms with van der Waals surface area (Å²) < 4.78 is 5.61. The van der Waals surface area contributed by atoms with E-state index < -0.39 is 39.7 Å². The summed E-state index contributed by atoms with van der Waals surface area (Å²) in [5.41, 5.74) is -4.95. The lowest BCUT2D eigenvalue weighted by Gasteiger charge is -2.63. The minimum absolute atomic E-state index is 0.0227. The van der Waals surface area contributed by atoms with Crippen LogP contribution < -0.4 is 0 Å². The maximum absolute atomic E-state index is 13.2. The Bertz CT molecular complexity index is 1080. The Morgan fingerprint density at radius 3 is 2.37 bits per heavy atom. The van der Waals surface area contributed by atoms with Gasteiger partial charge in [0, 0.05) is 35.8 Å². The van der Waals surface area contributed by atoms with Crippen LogP contribution in [0.4, 0.5) is 0 Å². The molecule has 35 heavy (non-hydrogen) atoms. The Morgan fingerprint density at radius 1 is 1.03 bits per heavy atom. The largest absolute Gasteiger partial charge is 0.455 e. The smallest absolute Gasteiger partial charge is 0.334 e. The molecule has 0 radical (unpaired) electrons. The zero-order chi connectivity index (χ0) is 25.8. The molecule has 0 aromatic heterocycles. The minimum atomic E-state index is -1.80. The molecule has 0 aromatic rings. The van der Waals surface area contributed by atoms with Crippen molar-refractivity contribution in [2.45, 2.75) is 109 Å². The van der Waals surface area contributed by atoms with Crippen molar-refractivity contribution in [1.82, 2.24) is 0 Å². The van der Waals surface area contributed by atoms with Crippen LogP contribution in [0.3, 0.4) is 0 Å². The lowest BCUT2D eigenvalue weighted by molar-refractivity contribution is -0.279. The van der Waals surface area contributed by atoms with Crippen molar-refractivity contribution in [2.24, 2.45) is 22.7 Å². The molecule has 7 nitrogen and oxygen atoms in total. The van der Waals surface area contributed by atoms with Crippen LogP contribution in [0.15, 0.2) is 22.8 Å². The van der Waals surface area contributed by atoms with Crippen molar-refractivity contribution < 1.29 is 34.4 Å². The highest BCUT2D eigenvalue weighted by molar-refractivity contribution is 6.09. The van der Waals surface area contributed by atoms with Crippen LogP contribution in [0.5, 0.6) is 0 Å². The lowest BCUT2D eigenvalue weighted by atomic mass is 9.44. The van der Waals surface area contributed by atoms with E-state index >= 15 is 0 Å². The monoisotopic (exact) mass is 486 g/mol. The molecule has 7 heteroatoms. The van der Waals surface area contributed by atoms with Crippen molar-refractivity contribution in [3.63, 3.8) is 0 Å². The molecule has 0 aromatic carbocycles. The summed E-state index contributed by atoms with van der Waals surface area (Å²) >= 11 is 0. The van der Waals surface area contributed by atoms with Crippen molar-refractivity contribution in [1.29, 1.82) is 0 Å². The molecule has 3 saturated carbocycles. The molecular weight excluding hydrogens is 448 g/mol. The van der Waals surface area contributed by atoms with Crippen molar-refractivity contribution >= 4 is 17.5 Å². The maximum Gasteiger partial charge on any atom is 0.334 e. The molecule has 8 atom stereocenters. The normalized spacial score (nSPS) is 47.4. The highest BCUT2D eigenvalue weighted by Gasteiger charge is 2.76. The Kier molecular flexibility index (Phi) is 5.22. The number of cyclic esters (lactones) is 1. The first-order chi connectivity index (χ1) is 16.1. The van der Waals surface area contributed by atoms with Gasteiger partial charge in [-0.1, -0.05) is 18.6 Å². The second-order valence-electron chi connectivity index (χ2n) is 12.4. The summed E-state index contributed by atoms with van der Waals surface area (Å²) in [5.74, 6) is -0.952. The fourth-order valence-corrected chi connectivity index (χ4v) is 8.62. The summed E-state index contributed by atoms with van der Waals surface area (Å²) in [5, 5.41) is 36.5. The number of ether oxygens (including phenoxy) is 1. The molecular formula is C28H38O7. The van der Waals surface area contributed by atoms with E-state index in [-0.39, 0.29) is 49.1 Å². The SMILES string of the molecule is CC1=C(C)C(=O)O[C@@H]([C@@](C)(O)[C@]2(O)CC[C@@]3(O)[C@@H]4CC=C5C(=O)CCC(=O)[C@]5(C)[C@@H]4CC[C@@]23C)C1. The average Bonchev–Trinajstić information content (AvgIpc) is 3.02. The van der Waals surface area contributed by atoms with Gasteiger partial charge in [-0.15, -0.1) is 0 Å². The van der Waals surface area contributed by atoms with Crippen molar-refractivity contribution in [3.05, 3.63) is 22.8 Å². The van der Waals surface area contributed by atoms with Gasteiger partial charge in [0.25, 0.3) is 0 Å². The van der Waals surface area contributed by atoms with Gasteiger partial charge in [0.1, 0.15) is 23.1 Å². The second-order valence-corrected chi connectivity index (χ2v) is 12.4.